The van der Waals surface area contributed by atoms with Crippen LogP contribution in [0.4, 0.5) is 10.1 Å². The van der Waals surface area contributed by atoms with Gasteiger partial charge in [-0.2, -0.15) is 0 Å². The summed E-state index contributed by atoms with van der Waals surface area (Å²) in [6.45, 7) is 0. The van der Waals surface area contributed by atoms with E-state index in [0.29, 0.717) is 12.8 Å². The van der Waals surface area contributed by atoms with Gasteiger partial charge in [-0.25, -0.2) is 4.39 Å². The highest BCUT2D eigenvalue weighted by Gasteiger charge is 2.38. The zero-order valence-electron chi connectivity index (χ0n) is 11.2. The molecule has 2 amide bonds. The molecule has 1 aromatic rings. The number of nitrogens with one attached hydrogen (secondary N) is 2. The Bertz CT molecular complexity index is 539. The predicted molar refractivity (Wildman–Crippen MR) is 71.8 cm³/mol. The van der Waals surface area contributed by atoms with Gasteiger partial charge in [0.25, 0.3) is 11.8 Å². The maximum Gasteiger partial charge on any atom is 0.256 e. The summed E-state index contributed by atoms with van der Waals surface area (Å²) in [6.07, 6.45) is 2.44. The zero-order valence-corrected chi connectivity index (χ0v) is 11.2. The smallest absolute Gasteiger partial charge is 0.256 e. The first-order valence-corrected chi connectivity index (χ1v) is 6.52. The lowest BCUT2D eigenvalue weighted by Gasteiger charge is -2.21. The Morgan fingerprint density at radius 2 is 1.95 bits per heavy atom. The summed E-state index contributed by atoms with van der Waals surface area (Å²) in [5, 5.41) is 15.0. The number of hydrogen-bond acceptors (Lipinski definition) is 3. The predicted octanol–water partition coefficient (Wildman–Crippen LogP) is 1.43. The molecule has 1 aliphatic rings. The number of anilines is 1. The highest BCUT2D eigenvalue weighted by Crippen LogP contribution is 2.30. The van der Waals surface area contributed by atoms with Crippen LogP contribution < -0.4 is 10.6 Å². The van der Waals surface area contributed by atoms with Crippen molar-refractivity contribution < 1.29 is 19.1 Å². The Morgan fingerprint density at radius 3 is 2.55 bits per heavy atom. The maximum absolute atomic E-state index is 13.5. The average Bonchev–Trinajstić information content (AvgIpc) is 2.88. The van der Waals surface area contributed by atoms with E-state index >= 15 is 0 Å². The Hall–Kier alpha value is -1.95. The molecule has 1 saturated carbocycles. The Labute approximate surface area is 116 Å². The van der Waals surface area contributed by atoms with Crippen molar-refractivity contribution in [3.05, 3.63) is 29.6 Å². The van der Waals surface area contributed by atoms with Crippen molar-refractivity contribution in [3.8, 4) is 0 Å². The summed E-state index contributed by atoms with van der Waals surface area (Å²) in [6, 6.07) is 3.72. The lowest BCUT2D eigenvalue weighted by Crippen LogP contribution is -2.40. The SMILES string of the molecule is CNC(=O)c1cc(NC(=O)C2(O)CCCC2)ccc1F. The minimum Gasteiger partial charge on any atom is -0.380 e. The van der Waals surface area contributed by atoms with Gasteiger partial charge in [-0.3, -0.25) is 9.59 Å². The Morgan fingerprint density at radius 1 is 1.30 bits per heavy atom. The molecule has 20 heavy (non-hydrogen) atoms. The second kappa shape index (κ2) is 5.58. The van der Waals surface area contributed by atoms with Gasteiger partial charge >= 0.3 is 0 Å². The Kier molecular flexibility index (Phi) is 4.04. The molecule has 0 radical (unpaired) electrons. The van der Waals surface area contributed by atoms with E-state index in [1.54, 1.807) is 0 Å². The van der Waals surface area contributed by atoms with E-state index in [2.05, 4.69) is 10.6 Å². The molecule has 2 rings (SSSR count). The topological polar surface area (TPSA) is 78.4 Å². The molecule has 1 fully saturated rings. The number of benzene rings is 1. The van der Waals surface area contributed by atoms with Gasteiger partial charge in [-0.15, -0.1) is 0 Å². The van der Waals surface area contributed by atoms with Gasteiger partial charge in [0.05, 0.1) is 5.56 Å². The van der Waals surface area contributed by atoms with Gasteiger partial charge in [0.1, 0.15) is 11.4 Å². The Balaban J connectivity index is 2.17. The molecule has 0 atom stereocenters. The van der Waals surface area contributed by atoms with Crippen molar-refractivity contribution >= 4 is 17.5 Å². The highest BCUT2D eigenvalue weighted by atomic mass is 19.1. The second-order valence-corrected chi connectivity index (χ2v) is 4.97. The quantitative estimate of drug-likeness (QED) is 0.783. The number of rotatable bonds is 3. The van der Waals surface area contributed by atoms with Crippen LogP contribution in [-0.2, 0) is 4.79 Å². The molecule has 0 spiro atoms. The number of amides is 2. The maximum atomic E-state index is 13.5. The molecule has 0 heterocycles. The van der Waals surface area contributed by atoms with Gasteiger partial charge in [-0.05, 0) is 43.9 Å². The van der Waals surface area contributed by atoms with Crippen molar-refractivity contribution in [2.45, 2.75) is 31.3 Å². The first-order valence-electron chi connectivity index (χ1n) is 6.52. The van der Waals surface area contributed by atoms with E-state index in [1.165, 1.54) is 19.2 Å². The molecular formula is C14H17FN2O3. The van der Waals surface area contributed by atoms with E-state index in [1.807, 2.05) is 0 Å². The largest absolute Gasteiger partial charge is 0.380 e. The fourth-order valence-corrected chi connectivity index (χ4v) is 2.35. The highest BCUT2D eigenvalue weighted by molar-refractivity contribution is 5.99. The number of halogens is 1. The van der Waals surface area contributed by atoms with E-state index in [0.717, 1.165) is 18.9 Å². The minimum atomic E-state index is -1.36. The molecule has 6 heteroatoms. The third-order valence-corrected chi connectivity index (χ3v) is 3.55. The van der Waals surface area contributed by atoms with Crippen molar-refractivity contribution in [2.24, 2.45) is 0 Å². The van der Waals surface area contributed by atoms with Crippen molar-refractivity contribution in [2.75, 3.05) is 12.4 Å². The van der Waals surface area contributed by atoms with E-state index in [4.69, 9.17) is 0 Å². The number of hydrogen-bond donors (Lipinski definition) is 3. The van der Waals surface area contributed by atoms with Crippen LogP contribution in [0.25, 0.3) is 0 Å². The summed E-state index contributed by atoms with van der Waals surface area (Å²) >= 11 is 0. The van der Waals surface area contributed by atoms with Crippen molar-refractivity contribution in [1.82, 2.24) is 5.32 Å². The first kappa shape index (κ1) is 14.5. The van der Waals surface area contributed by atoms with E-state index in [9.17, 15) is 19.1 Å². The summed E-state index contributed by atoms with van der Waals surface area (Å²) in [5.74, 6) is -1.75. The summed E-state index contributed by atoms with van der Waals surface area (Å²) < 4.78 is 13.5. The molecule has 0 bridgehead atoms. The molecule has 3 N–H and O–H groups in total. The van der Waals surface area contributed by atoms with Crippen LogP contribution in [0, 0.1) is 5.82 Å². The van der Waals surface area contributed by atoms with E-state index < -0.39 is 23.2 Å². The van der Waals surface area contributed by atoms with E-state index in [-0.39, 0.29) is 11.3 Å². The van der Waals surface area contributed by atoms with Crippen molar-refractivity contribution in [3.63, 3.8) is 0 Å². The fourth-order valence-electron chi connectivity index (χ4n) is 2.35. The molecule has 1 aliphatic carbocycles. The normalized spacial score (nSPS) is 16.8. The molecule has 0 aliphatic heterocycles. The van der Waals surface area contributed by atoms with Crippen LogP contribution in [-0.4, -0.2) is 29.6 Å². The third kappa shape index (κ3) is 2.80. The first-order chi connectivity index (χ1) is 9.46. The van der Waals surface area contributed by atoms with Gasteiger partial charge < -0.3 is 15.7 Å². The average molecular weight is 280 g/mol. The van der Waals surface area contributed by atoms with Crippen LogP contribution in [0.3, 0.4) is 0 Å². The van der Waals surface area contributed by atoms with Gasteiger partial charge in [0, 0.05) is 12.7 Å². The molecule has 0 saturated heterocycles. The summed E-state index contributed by atoms with van der Waals surface area (Å²) in [7, 11) is 1.40. The molecular weight excluding hydrogens is 263 g/mol. The summed E-state index contributed by atoms with van der Waals surface area (Å²) in [4.78, 5) is 23.5. The number of aliphatic hydroxyl groups is 1. The number of carbonyl (C=O) groups excluding carboxylic acids is 2. The monoisotopic (exact) mass is 280 g/mol. The summed E-state index contributed by atoms with van der Waals surface area (Å²) in [5.41, 5.74) is -1.22. The fraction of sp³-hybridized carbons (Fsp3) is 0.429. The molecule has 0 aromatic heterocycles. The molecule has 0 unspecified atom stereocenters. The molecule has 1 aromatic carbocycles. The lowest BCUT2D eigenvalue weighted by atomic mass is 10.0. The van der Waals surface area contributed by atoms with Gasteiger partial charge in [-0.1, -0.05) is 0 Å². The molecule has 108 valence electrons. The van der Waals surface area contributed by atoms with Crippen LogP contribution in [0.2, 0.25) is 0 Å². The second-order valence-electron chi connectivity index (χ2n) is 4.97. The standard InChI is InChI=1S/C14H17FN2O3/c1-16-12(18)10-8-9(4-5-11(10)15)17-13(19)14(20)6-2-3-7-14/h4-5,8,20H,2-3,6-7H2,1H3,(H,16,18)(H,17,19). The van der Waals surface area contributed by atoms with Crippen molar-refractivity contribution in [1.29, 1.82) is 0 Å². The zero-order chi connectivity index (χ0) is 14.8. The van der Waals surface area contributed by atoms with Crippen LogP contribution >= 0.6 is 0 Å². The van der Waals surface area contributed by atoms with Gasteiger partial charge in [0.15, 0.2) is 0 Å². The molecule has 5 nitrogen and oxygen atoms in total. The van der Waals surface area contributed by atoms with Crippen LogP contribution in [0.1, 0.15) is 36.0 Å². The number of carbonyl (C=O) groups is 2. The van der Waals surface area contributed by atoms with Gasteiger partial charge in [0.2, 0.25) is 0 Å². The van der Waals surface area contributed by atoms with Crippen LogP contribution in [0.15, 0.2) is 18.2 Å². The third-order valence-electron chi connectivity index (χ3n) is 3.55. The minimum absolute atomic E-state index is 0.149. The lowest BCUT2D eigenvalue weighted by molar-refractivity contribution is -0.133. The van der Waals surface area contributed by atoms with Crippen LogP contribution in [0.5, 0.6) is 0 Å².